The molecular weight excluding hydrogens is 266 g/mol. The topological polar surface area (TPSA) is 76.2 Å². The fourth-order valence-electron chi connectivity index (χ4n) is 2.89. The standard InChI is InChI=1S/C15H27N5O/c1-3-19(4-2)10-9-17-15(21)14-13(16)11-20(18-14)12-7-5-6-8-12/h11-12H,3-10,16H2,1-2H3,(H,17,21). The van der Waals surface area contributed by atoms with Crippen molar-refractivity contribution < 1.29 is 4.79 Å². The number of nitrogen functional groups attached to an aromatic ring is 1. The minimum absolute atomic E-state index is 0.170. The first kappa shape index (κ1) is 15.8. The fourth-order valence-corrected chi connectivity index (χ4v) is 2.89. The Morgan fingerprint density at radius 2 is 2.10 bits per heavy atom. The molecule has 1 aromatic rings. The highest BCUT2D eigenvalue weighted by Gasteiger charge is 2.21. The highest BCUT2D eigenvalue weighted by molar-refractivity contribution is 5.96. The summed E-state index contributed by atoms with van der Waals surface area (Å²) in [7, 11) is 0. The first-order chi connectivity index (χ1) is 10.2. The van der Waals surface area contributed by atoms with Crippen LogP contribution < -0.4 is 11.1 Å². The van der Waals surface area contributed by atoms with Crippen LogP contribution in [0.25, 0.3) is 0 Å². The molecule has 1 saturated carbocycles. The Hall–Kier alpha value is -1.56. The molecule has 6 nitrogen and oxygen atoms in total. The molecule has 118 valence electrons. The third kappa shape index (κ3) is 3.97. The molecule has 1 aromatic heterocycles. The summed E-state index contributed by atoms with van der Waals surface area (Å²) in [6.07, 6.45) is 6.52. The SMILES string of the molecule is CCN(CC)CCNC(=O)c1nn(C2CCCC2)cc1N. The number of rotatable bonds is 7. The van der Waals surface area contributed by atoms with Crippen LogP contribution >= 0.6 is 0 Å². The van der Waals surface area contributed by atoms with Crippen molar-refractivity contribution in [3.63, 3.8) is 0 Å². The molecule has 21 heavy (non-hydrogen) atoms. The molecule has 0 radical (unpaired) electrons. The third-order valence-electron chi connectivity index (χ3n) is 4.28. The predicted octanol–water partition coefficient (Wildman–Crippen LogP) is 1.65. The van der Waals surface area contributed by atoms with E-state index in [1.807, 2.05) is 4.68 Å². The van der Waals surface area contributed by atoms with Crippen molar-refractivity contribution in [2.75, 3.05) is 31.9 Å². The van der Waals surface area contributed by atoms with Gasteiger partial charge in [0.25, 0.3) is 5.91 Å². The zero-order chi connectivity index (χ0) is 15.2. The van der Waals surface area contributed by atoms with Gasteiger partial charge in [0.2, 0.25) is 0 Å². The van der Waals surface area contributed by atoms with Gasteiger partial charge in [-0.05, 0) is 25.9 Å². The number of nitrogens with zero attached hydrogens (tertiary/aromatic N) is 3. The van der Waals surface area contributed by atoms with Gasteiger partial charge in [-0.25, -0.2) is 0 Å². The number of nitrogens with two attached hydrogens (primary N) is 1. The second-order valence-corrected chi connectivity index (χ2v) is 5.63. The second kappa shape index (κ2) is 7.45. The number of carbonyl (C=O) groups is 1. The number of hydrogen-bond donors (Lipinski definition) is 2. The summed E-state index contributed by atoms with van der Waals surface area (Å²) in [5.41, 5.74) is 6.78. The lowest BCUT2D eigenvalue weighted by Crippen LogP contribution is -2.35. The summed E-state index contributed by atoms with van der Waals surface area (Å²) >= 11 is 0. The molecule has 0 bridgehead atoms. The predicted molar refractivity (Wildman–Crippen MR) is 84.3 cm³/mol. The molecule has 2 rings (SSSR count). The zero-order valence-electron chi connectivity index (χ0n) is 13.1. The first-order valence-electron chi connectivity index (χ1n) is 8.00. The molecule has 1 heterocycles. The monoisotopic (exact) mass is 293 g/mol. The van der Waals surface area contributed by atoms with Crippen LogP contribution in [0.15, 0.2) is 6.20 Å². The summed E-state index contributed by atoms with van der Waals surface area (Å²) < 4.78 is 1.88. The van der Waals surface area contributed by atoms with Gasteiger partial charge >= 0.3 is 0 Å². The quantitative estimate of drug-likeness (QED) is 0.801. The maximum atomic E-state index is 12.2. The van der Waals surface area contributed by atoms with Crippen LogP contribution in [-0.4, -0.2) is 46.8 Å². The molecule has 0 spiro atoms. The van der Waals surface area contributed by atoms with Gasteiger partial charge in [-0.2, -0.15) is 5.10 Å². The Kier molecular flexibility index (Phi) is 5.61. The second-order valence-electron chi connectivity index (χ2n) is 5.63. The van der Waals surface area contributed by atoms with Gasteiger partial charge in [0.05, 0.1) is 11.7 Å². The van der Waals surface area contributed by atoms with Crippen molar-refractivity contribution in [1.82, 2.24) is 20.0 Å². The fraction of sp³-hybridized carbons (Fsp3) is 0.733. The maximum absolute atomic E-state index is 12.2. The third-order valence-corrected chi connectivity index (χ3v) is 4.28. The summed E-state index contributed by atoms with van der Waals surface area (Å²) in [6, 6.07) is 0.407. The lowest BCUT2D eigenvalue weighted by molar-refractivity contribution is 0.0943. The minimum atomic E-state index is -0.170. The van der Waals surface area contributed by atoms with Gasteiger partial charge in [-0.15, -0.1) is 0 Å². The number of hydrogen-bond acceptors (Lipinski definition) is 4. The lowest BCUT2D eigenvalue weighted by Gasteiger charge is -2.17. The van der Waals surface area contributed by atoms with Crippen LogP contribution in [0.1, 0.15) is 56.1 Å². The van der Waals surface area contributed by atoms with Gasteiger partial charge in [0, 0.05) is 19.3 Å². The first-order valence-corrected chi connectivity index (χ1v) is 8.00. The van der Waals surface area contributed by atoms with E-state index >= 15 is 0 Å². The van der Waals surface area contributed by atoms with Crippen LogP contribution in [-0.2, 0) is 0 Å². The maximum Gasteiger partial charge on any atom is 0.273 e. The number of amides is 1. The average Bonchev–Trinajstić information content (AvgIpc) is 3.12. The largest absolute Gasteiger partial charge is 0.396 e. The summed E-state index contributed by atoms with van der Waals surface area (Å²) in [5, 5.41) is 7.30. The number of nitrogens with one attached hydrogen (secondary N) is 1. The lowest BCUT2D eigenvalue weighted by atomic mass is 10.3. The molecule has 0 aromatic carbocycles. The highest BCUT2D eigenvalue weighted by atomic mass is 16.2. The number of carbonyl (C=O) groups excluding carboxylic acids is 1. The van der Waals surface area contributed by atoms with Crippen LogP contribution in [0.4, 0.5) is 5.69 Å². The van der Waals surface area contributed by atoms with E-state index in [9.17, 15) is 4.79 Å². The molecule has 0 unspecified atom stereocenters. The van der Waals surface area contributed by atoms with Crippen LogP contribution in [0.3, 0.4) is 0 Å². The van der Waals surface area contributed by atoms with Gasteiger partial charge < -0.3 is 16.0 Å². The van der Waals surface area contributed by atoms with Crippen LogP contribution in [0.5, 0.6) is 0 Å². The Morgan fingerprint density at radius 3 is 2.71 bits per heavy atom. The van der Waals surface area contributed by atoms with Crippen LogP contribution in [0, 0.1) is 0 Å². The summed E-state index contributed by atoms with van der Waals surface area (Å²) in [5.74, 6) is -0.170. The van der Waals surface area contributed by atoms with Gasteiger partial charge in [0.1, 0.15) is 0 Å². The van der Waals surface area contributed by atoms with Crippen molar-refractivity contribution in [3.8, 4) is 0 Å². The number of aromatic nitrogens is 2. The van der Waals surface area contributed by atoms with Crippen LogP contribution in [0.2, 0.25) is 0 Å². The van der Waals surface area contributed by atoms with Crippen molar-refractivity contribution in [2.24, 2.45) is 0 Å². The highest BCUT2D eigenvalue weighted by Crippen LogP contribution is 2.29. The van der Waals surface area contributed by atoms with Crippen molar-refractivity contribution in [2.45, 2.75) is 45.6 Å². The number of anilines is 1. The minimum Gasteiger partial charge on any atom is -0.396 e. The van der Waals surface area contributed by atoms with E-state index in [-0.39, 0.29) is 5.91 Å². The van der Waals surface area contributed by atoms with E-state index in [1.54, 1.807) is 6.20 Å². The average molecular weight is 293 g/mol. The van der Waals surface area contributed by atoms with Gasteiger partial charge in [-0.3, -0.25) is 9.48 Å². The van der Waals surface area contributed by atoms with E-state index in [1.165, 1.54) is 12.8 Å². The Morgan fingerprint density at radius 1 is 1.43 bits per heavy atom. The van der Waals surface area contributed by atoms with E-state index < -0.39 is 0 Å². The smallest absolute Gasteiger partial charge is 0.273 e. The molecule has 0 atom stereocenters. The molecule has 1 aliphatic carbocycles. The van der Waals surface area contributed by atoms with E-state index in [0.29, 0.717) is 24.0 Å². The molecule has 3 N–H and O–H groups in total. The van der Waals surface area contributed by atoms with Crippen molar-refractivity contribution >= 4 is 11.6 Å². The van der Waals surface area contributed by atoms with E-state index in [2.05, 4.69) is 29.2 Å². The normalized spacial score (nSPS) is 15.8. The zero-order valence-corrected chi connectivity index (χ0v) is 13.1. The number of likely N-dealkylation sites (N-methyl/N-ethyl adjacent to an activating group) is 1. The van der Waals surface area contributed by atoms with Crippen molar-refractivity contribution in [3.05, 3.63) is 11.9 Å². The summed E-state index contributed by atoms with van der Waals surface area (Å²) in [4.78, 5) is 14.4. The van der Waals surface area contributed by atoms with Crippen molar-refractivity contribution in [1.29, 1.82) is 0 Å². The molecule has 0 saturated heterocycles. The van der Waals surface area contributed by atoms with E-state index in [0.717, 1.165) is 32.5 Å². The Labute approximate surface area is 126 Å². The Balaban J connectivity index is 1.90. The molecular formula is C15H27N5O. The van der Waals surface area contributed by atoms with Gasteiger partial charge in [0.15, 0.2) is 5.69 Å². The Bertz CT molecular complexity index is 461. The van der Waals surface area contributed by atoms with E-state index in [4.69, 9.17) is 5.73 Å². The molecule has 1 aliphatic rings. The molecule has 6 heteroatoms. The summed E-state index contributed by atoms with van der Waals surface area (Å²) in [6.45, 7) is 7.69. The molecule has 1 fully saturated rings. The molecule has 1 amide bonds. The molecule has 0 aliphatic heterocycles. The van der Waals surface area contributed by atoms with Gasteiger partial charge in [-0.1, -0.05) is 26.7 Å².